The number of benzene rings is 4. The van der Waals surface area contributed by atoms with E-state index in [9.17, 15) is 4.79 Å². The first-order valence-electron chi connectivity index (χ1n) is 20.0. The normalized spacial score (nSPS) is 13.2. The van der Waals surface area contributed by atoms with Crippen molar-refractivity contribution in [2.45, 2.75) is 32.9 Å². The summed E-state index contributed by atoms with van der Waals surface area (Å²) in [7, 11) is 3.65. The van der Waals surface area contributed by atoms with Crippen molar-refractivity contribution in [1.29, 1.82) is 0 Å². The molecule has 2 aliphatic heterocycles. The van der Waals surface area contributed by atoms with Crippen LogP contribution in [0.2, 0.25) is 20.1 Å². The molecule has 0 aliphatic carbocycles. The molecule has 0 atom stereocenters. The molecule has 5 N–H and O–H groups in total. The molecule has 15 nitrogen and oxygen atoms in total. The lowest BCUT2D eigenvalue weighted by atomic mass is 9.99. The number of carbonyl (C=O) groups is 1. The second-order valence-corrected chi connectivity index (χ2v) is 16.7. The lowest BCUT2D eigenvalue weighted by molar-refractivity contribution is -0.129. The number of carbonyl (C=O) groups excluding carboxylic acids is 1. The SMILES string of the molecule is CC(=O)N1CCc2ccc(Nc3ncc4c(Nc5c(Cl)cccc5Cl)nn(C)c4n3)cc2C1.Cn1nc(Nc2c(Cl)cccc2Cl)c2cnc(Nc3ccc4c(c3)CNCC4)nc21. The average Bonchev–Trinajstić information content (AvgIpc) is 3.76. The third-order valence-electron chi connectivity index (χ3n) is 10.8. The van der Waals surface area contributed by atoms with Crippen LogP contribution in [0.25, 0.3) is 22.1 Å². The maximum Gasteiger partial charge on any atom is 0.229 e. The van der Waals surface area contributed by atoms with Gasteiger partial charge in [-0.15, -0.1) is 0 Å². The van der Waals surface area contributed by atoms with Crippen LogP contribution in [0, 0.1) is 0 Å². The molecule has 0 saturated carbocycles. The number of hydrogen-bond donors (Lipinski definition) is 5. The maximum atomic E-state index is 11.8. The number of nitrogens with zero attached hydrogens (tertiary/aromatic N) is 9. The molecule has 320 valence electrons. The fraction of sp³-hybridized carbons (Fsp3) is 0.205. The molecule has 2 aliphatic rings. The Morgan fingerprint density at radius 2 is 1.13 bits per heavy atom. The van der Waals surface area contributed by atoms with Crippen molar-refractivity contribution in [3.8, 4) is 0 Å². The van der Waals surface area contributed by atoms with Crippen LogP contribution in [-0.4, -0.2) is 63.4 Å². The van der Waals surface area contributed by atoms with Crippen LogP contribution in [0.1, 0.15) is 29.2 Å². The Morgan fingerprint density at radius 1 is 0.635 bits per heavy atom. The molecule has 4 aromatic carbocycles. The molecule has 0 unspecified atom stereocenters. The van der Waals surface area contributed by atoms with Crippen molar-refractivity contribution >= 4 is 121 Å². The number of anilines is 8. The molecule has 8 aromatic rings. The summed E-state index contributed by atoms with van der Waals surface area (Å²) in [5.41, 5.74) is 9.43. The van der Waals surface area contributed by atoms with Gasteiger partial charge in [0.05, 0.1) is 42.2 Å². The Balaban J connectivity index is 0.000000161. The predicted octanol–water partition coefficient (Wildman–Crippen LogP) is 9.86. The molecular weight excluding hydrogens is 882 g/mol. The molecule has 0 fully saturated rings. The number of aromatic nitrogens is 8. The highest BCUT2D eigenvalue weighted by Crippen LogP contribution is 2.36. The van der Waals surface area contributed by atoms with Crippen LogP contribution in [0.5, 0.6) is 0 Å². The van der Waals surface area contributed by atoms with E-state index < -0.39 is 0 Å². The van der Waals surface area contributed by atoms with Gasteiger partial charge in [0.2, 0.25) is 17.8 Å². The minimum absolute atomic E-state index is 0.0893. The van der Waals surface area contributed by atoms with E-state index in [4.69, 9.17) is 46.4 Å². The quantitative estimate of drug-likeness (QED) is 0.0981. The van der Waals surface area contributed by atoms with Gasteiger partial charge in [0.1, 0.15) is 0 Å². The van der Waals surface area contributed by atoms with Crippen LogP contribution in [-0.2, 0) is 44.8 Å². The number of para-hydroxylation sites is 2. The summed E-state index contributed by atoms with van der Waals surface area (Å²) in [6, 6.07) is 23.2. The van der Waals surface area contributed by atoms with Gasteiger partial charge in [-0.25, -0.2) is 19.3 Å². The monoisotopic (exact) mass is 920 g/mol. The molecule has 6 heterocycles. The summed E-state index contributed by atoms with van der Waals surface area (Å²) < 4.78 is 3.37. The van der Waals surface area contributed by atoms with E-state index in [0.29, 0.717) is 72.8 Å². The zero-order valence-corrected chi connectivity index (χ0v) is 37.3. The number of halogens is 4. The molecular formula is C44H40Cl4N14O. The Bertz CT molecular complexity index is 3000. The lowest BCUT2D eigenvalue weighted by Crippen LogP contribution is -2.34. The Labute approximate surface area is 382 Å². The van der Waals surface area contributed by atoms with Gasteiger partial charge < -0.3 is 31.5 Å². The number of amides is 1. The van der Waals surface area contributed by atoms with Gasteiger partial charge in [0.25, 0.3) is 0 Å². The average molecular weight is 923 g/mol. The van der Waals surface area contributed by atoms with Crippen molar-refractivity contribution < 1.29 is 4.79 Å². The molecule has 19 heteroatoms. The largest absolute Gasteiger partial charge is 0.338 e. The number of hydrogen-bond acceptors (Lipinski definition) is 12. The molecule has 0 radical (unpaired) electrons. The first-order chi connectivity index (χ1) is 30.5. The van der Waals surface area contributed by atoms with E-state index in [0.717, 1.165) is 60.2 Å². The van der Waals surface area contributed by atoms with Crippen LogP contribution >= 0.6 is 46.4 Å². The highest BCUT2D eigenvalue weighted by molar-refractivity contribution is 6.40. The highest BCUT2D eigenvalue weighted by Gasteiger charge is 2.20. The van der Waals surface area contributed by atoms with E-state index >= 15 is 0 Å². The summed E-state index contributed by atoms with van der Waals surface area (Å²) in [4.78, 5) is 31.8. The van der Waals surface area contributed by atoms with Gasteiger partial charge in [0, 0.05) is 64.4 Å². The van der Waals surface area contributed by atoms with E-state index in [2.05, 4.69) is 81.0 Å². The van der Waals surface area contributed by atoms with Gasteiger partial charge in [-0.1, -0.05) is 70.7 Å². The number of fused-ring (bicyclic) bond motifs is 4. The molecule has 1 amide bonds. The first kappa shape index (κ1) is 42.1. The Hall–Kier alpha value is -6.23. The zero-order valence-electron chi connectivity index (χ0n) is 34.3. The summed E-state index contributed by atoms with van der Waals surface area (Å²) in [6.07, 6.45) is 5.36. The van der Waals surface area contributed by atoms with Gasteiger partial charge in [-0.05, 0) is 90.2 Å². The molecule has 63 heavy (non-hydrogen) atoms. The fourth-order valence-electron chi connectivity index (χ4n) is 7.57. The number of rotatable bonds is 8. The Kier molecular flexibility index (Phi) is 11.9. The van der Waals surface area contributed by atoms with Crippen LogP contribution in [0.15, 0.2) is 85.2 Å². The second kappa shape index (κ2) is 17.9. The fourth-order valence-corrected chi connectivity index (χ4v) is 8.56. The second-order valence-electron chi connectivity index (χ2n) is 15.1. The summed E-state index contributed by atoms with van der Waals surface area (Å²) in [5.74, 6) is 2.20. The van der Waals surface area contributed by atoms with Gasteiger partial charge in [0.15, 0.2) is 22.9 Å². The maximum absolute atomic E-state index is 11.8. The van der Waals surface area contributed by atoms with Crippen LogP contribution in [0.4, 0.5) is 46.3 Å². The van der Waals surface area contributed by atoms with Crippen LogP contribution in [0.3, 0.4) is 0 Å². The summed E-state index contributed by atoms with van der Waals surface area (Å²) >= 11 is 25.1. The standard InChI is InChI=1S/C23H21Cl2N7O.C21H19Cl2N7/c1-13(33)32-9-8-14-6-7-16(10-15(14)12-32)27-23-26-11-17-21(30-31(2)22(17)29-23)28-20-18(24)4-3-5-19(20)25;1-30-20-15(19(29-30)27-18-16(22)3-2-4-17(18)23)11-25-21(28-20)26-14-6-5-12-7-8-24-10-13(12)9-14/h3-7,10-11H,8-9,12H2,1-2H3,(H,28,30)(H,26,27,29);2-6,9,11,24H,7-8,10H2,1H3,(H,27,29)(H,25,26,28). The van der Waals surface area contributed by atoms with Gasteiger partial charge in [-0.2, -0.15) is 20.2 Å². The summed E-state index contributed by atoms with van der Waals surface area (Å²) in [5, 5.41) is 28.9. The van der Waals surface area contributed by atoms with E-state index in [-0.39, 0.29) is 5.91 Å². The highest BCUT2D eigenvalue weighted by atomic mass is 35.5. The smallest absolute Gasteiger partial charge is 0.229 e. The van der Waals surface area contributed by atoms with Crippen molar-refractivity contribution in [2.24, 2.45) is 14.1 Å². The van der Waals surface area contributed by atoms with E-state index in [1.165, 1.54) is 16.7 Å². The molecule has 4 aromatic heterocycles. The minimum Gasteiger partial charge on any atom is -0.338 e. The van der Waals surface area contributed by atoms with E-state index in [1.54, 1.807) is 65.1 Å². The van der Waals surface area contributed by atoms with Crippen molar-refractivity contribution in [2.75, 3.05) is 34.4 Å². The molecule has 10 rings (SSSR count). The third kappa shape index (κ3) is 9.01. The molecule has 0 spiro atoms. The van der Waals surface area contributed by atoms with Crippen molar-refractivity contribution in [3.63, 3.8) is 0 Å². The predicted molar refractivity (Wildman–Crippen MR) is 252 cm³/mol. The van der Waals surface area contributed by atoms with Gasteiger partial charge >= 0.3 is 0 Å². The first-order valence-corrected chi connectivity index (χ1v) is 21.5. The lowest BCUT2D eigenvalue weighted by Gasteiger charge is -2.28. The van der Waals surface area contributed by atoms with E-state index in [1.807, 2.05) is 31.1 Å². The zero-order chi connectivity index (χ0) is 43.8. The van der Waals surface area contributed by atoms with Gasteiger partial charge in [-0.3, -0.25) is 4.79 Å². The summed E-state index contributed by atoms with van der Waals surface area (Å²) in [6.45, 7) is 4.88. The van der Waals surface area contributed by atoms with Crippen molar-refractivity contribution in [1.82, 2.24) is 49.7 Å². The minimum atomic E-state index is 0.0893. The third-order valence-corrected chi connectivity index (χ3v) is 12.1. The molecule has 0 saturated heterocycles. The number of aryl methyl sites for hydroxylation is 2. The molecule has 0 bridgehead atoms. The van der Waals surface area contributed by atoms with Crippen LogP contribution < -0.4 is 26.6 Å². The number of nitrogens with one attached hydrogen (secondary N) is 5. The topological polar surface area (TPSA) is 168 Å². The Morgan fingerprint density at radius 3 is 1.63 bits per heavy atom. The van der Waals surface area contributed by atoms with Crippen molar-refractivity contribution in [3.05, 3.63) is 128 Å².